The number of benzene rings is 2. The van der Waals surface area contributed by atoms with Gasteiger partial charge >= 0.3 is 0 Å². The monoisotopic (exact) mass is 669 g/mol. The summed E-state index contributed by atoms with van der Waals surface area (Å²) in [6.45, 7) is 15.8. The van der Waals surface area contributed by atoms with Crippen LogP contribution in [0.25, 0.3) is 11.3 Å². The molecule has 1 aliphatic heterocycles. The van der Waals surface area contributed by atoms with Gasteiger partial charge in [-0.05, 0) is 80.8 Å². The van der Waals surface area contributed by atoms with E-state index in [4.69, 9.17) is 24.4 Å². The molecule has 254 valence electrons. The minimum atomic E-state index is -0.371. The maximum Gasteiger partial charge on any atom is 0.254 e. The van der Waals surface area contributed by atoms with Crippen molar-refractivity contribution in [3.05, 3.63) is 83.3 Å². The predicted octanol–water partition coefficient (Wildman–Crippen LogP) is 7.37. The van der Waals surface area contributed by atoms with Gasteiger partial charge in [-0.1, -0.05) is 45.0 Å². The predicted molar refractivity (Wildman–Crippen MR) is 192 cm³/mol. The number of methoxy groups -OCH3 is 1. The van der Waals surface area contributed by atoms with Crippen LogP contribution >= 0.6 is 11.9 Å². The van der Waals surface area contributed by atoms with E-state index in [0.717, 1.165) is 27.3 Å². The molecular formula is C37H47N7O3S. The standard InChI is InChI=1S/C37H47N7O3S/c1-24-12-10-13-25(2)33(24)30-17-32-41-35(40-30)42-48-29-15-11-14-26(16-29)34(45)44(28(22-47-32)18-36(3,4)5)21-27-19-38-20-31(39-27)43(8)23-37(6,7)46-9/h10-17,19-20,28H,18,21-23H2,1-9H3,(H,40,41,42)/t28-/m1/s1. The number of carbonyl (C=O) groups excluding carboxylic acids is 1. The Kier molecular flexibility index (Phi) is 10.6. The molecule has 11 heteroatoms. The lowest BCUT2D eigenvalue weighted by atomic mass is 9.87. The molecule has 1 atom stereocenters. The SMILES string of the molecule is COC(C)(C)CN(C)c1cncc(CN2C(=O)c3cccc(c3)SNc3nc(cc(-c4c(C)cccc4C)n3)OC[C@H]2CC(C)(C)C)n1. The van der Waals surface area contributed by atoms with E-state index in [-0.39, 0.29) is 36.1 Å². The summed E-state index contributed by atoms with van der Waals surface area (Å²) < 4.78 is 15.4. The summed E-state index contributed by atoms with van der Waals surface area (Å²) >= 11 is 1.36. The fraction of sp³-hybridized carbons (Fsp3) is 0.432. The molecule has 5 rings (SSSR count). The first-order chi connectivity index (χ1) is 22.7. The first kappa shape index (κ1) is 35.1. The zero-order chi connectivity index (χ0) is 34.6. The second-order valence-electron chi connectivity index (χ2n) is 14.3. The van der Waals surface area contributed by atoms with Crippen molar-refractivity contribution in [1.82, 2.24) is 24.8 Å². The van der Waals surface area contributed by atoms with E-state index in [0.29, 0.717) is 41.9 Å². The molecule has 0 saturated heterocycles. The molecule has 1 N–H and O–H groups in total. The normalized spacial score (nSPS) is 15.5. The summed E-state index contributed by atoms with van der Waals surface area (Å²) in [6, 6.07) is 15.4. The van der Waals surface area contributed by atoms with Crippen molar-refractivity contribution in [2.24, 2.45) is 5.41 Å². The Hall–Kier alpha value is -4.22. The van der Waals surface area contributed by atoms with Gasteiger partial charge in [-0.15, -0.1) is 0 Å². The topological polar surface area (TPSA) is 106 Å². The minimum Gasteiger partial charge on any atom is -0.475 e. The van der Waals surface area contributed by atoms with Gasteiger partial charge in [0.15, 0.2) is 0 Å². The third-order valence-corrected chi connectivity index (χ3v) is 9.09. The molecule has 2 aromatic carbocycles. The van der Waals surface area contributed by atoms with Gasteiger partial charge in [0.1, 0.15) is 12.4 Å². The van der Waals surface area contributed by atoms with E-state index in [1.54, 1.807) is 19.5 Å². The lowest BCUT2D eigenvalue weighted by molar-refractivity contribution is 0.0297. The molecule has 4 bridgehead atoms. The van der Waals surface area contributed by atoms with Crippen molar-refractivity contribution in [3.63, 3.8) is 0 Å². The van der Waals surface area contributed by atoms with Crippen LogP contribution in [0.1, 0.15) is 68.2 Å². The summed E-state index contributed by atoms with van der Waals surface area (Å²) in [5, 5.41) is 0. The maximum absolute atomic E-state index is 14.5. The Morgan fingerprint density at radius 3 is 2.46 bits per heavy atom. The zero-order valence-electron chi connectivity index (χ0n) is 29.5. The van der Waals surface area contributed by atoms with Crippen molar-refractivity contribution in [3.8, 4) is 17.1 Å². The third kappa shape index (κ3) is 8.82. The number of nitrogens with zero attached hydrogens (tertiary/aromatic N) is 6. The number of carbonyl (C=O) groups is 1. The molecule has 0 aliphatic carbocycles. The highest BCUT2D eigenvalue weighted by Gasteiger charge is 2.31. The highest BCUT2D eigenvalue weighted by atomic mass is 32.2. The number of likely N-dealkylation sites (N-methyl/N-ethyl adjacent to an activating group) is 1. The second-order valence-corrected chi connectivity index (χ2v) is 15.1. The fourth-order valence-electron chi connectivity index (χ4n) is 5.91. The Labute approximate surface area is 288 Å². The summed E-state index contributed by atoms with van der Waals surface area (Å²) in [6.07, 6.45) is 4.15. The number of ether oxygens (including phenoxy) is 2. The molecule has 1 aliphatic rings. The van der Waals surface area contributed by atoms with Crippen molar-refractivity contribution < 1.29 is 14.3 Å². The lowest BCUT2D eigenvalue weighted by Gasteiger charge is -2.35. The lowest BCUT2D eigenvalue weighted by Crippen LogP contribution is -2.45. The average molecular weight is 670 g/mol. The van der Waals surface area contributed by atoms with Crippen LogP contribution < -0.4 is 14.4 Å². The van der Waals surface area contributed by atoms with Crippen LogP contribution in [0, 0.1) is 19.3 Å². The molecule has 0 unspecified atom stereocenters. The summed E-state index contributed by atoms with van der Waals surface area (Å²) in [5.41, 5.74) is 4.83. The van der Waals surface area contributed by atoms with Crippen LogP contribution in [0.2, 0.25) is 0 Å². The number of aryl methyl sites for hydroxylation is 2. The van der Waals surface area contributed by atoms with Crippen molar-refractivity contribution >= 4 is 29.6 Å². The molecule has 1 amide bonds. The van der Waals surface area contributed by atoms with E-state index in [1.807, 2.05) is 67.1 Å². The third-order valence-electron chi connectivity index (χ3n) is 8.32. The van der Waals surface area contributed by atoms with Crippen LogP contribution in [-0.4, -0.2) is 69.7 Å². The Balaban J connectivity index is 1.56. The van der Waals surface area contributed by atoms with E-state index in [2.05, 4.69) is 56.5 Å². The molecule has 0 saturated carbocycles. The number of nitrogens with one attached hydrogen (secondary N) is 1. The number of hydrogen-bond donors (Lipinski definition) is 1. The minimum absolute atomic E-state index is 0.107. The number of amides is 1. The molecule has 2 aromatic heterocycles. The van der Waals surface area contributed by atoms with E-state index in [9.17, 15) is 4.79 Å². The van der Waals surface area contributed by atoms with Gasteiger partial charge in [-0.3, -0.25) is 14.5 Å². The van der Waals surface area contributed by atoms with E-state index in [1.165, 1.54) is 11.9 Å². The summed E-state index contributed by atoms with van der Waals surface area (Å²) in [4.78, 5) is 38.3. The van der Waals surface area contributed by atoms with Gasteiger partial charge in [0, 0.05) is 42.8 Å². The Morgan fingerprint density at radius 1 is 1.02 bits per heavy atom. The van der Waals surface area contributed by atoms with Gasteiger partial charge in [0.05, 0.1) is 42.0 Å². The number of hydrogen-bond acceptors (Lipinski definition) is 10. The molecular weight excluding hydrogens is 623 g/mol. The van der Waals surface area contributed by atoms with Crippen LogP contribution in [0.15, 0.2) is 65.8 Å². The first-order valence-electron chi connectivity index (χ1n) is 16.2. The summed E-state index contributed by atoms with van der Waals surface area (Å²) in [7, 11) is 3.67. The van der Waals surface area contributed by atoms with Crippen molar-refractivity contribution in [1.29, 1.82) is 0 Å². The maximum atomic E-state index is 14.5. The van der Waals surface area contributed by atoms with Gasteiger partial charge in [-0.2, -0.15) is 4.98 Å². The summed E-state index contributed by atoms with van der Waals surface area (Å²) in [5.74, 6) is 1.47. The van der Waals surface area contributed by atoms with Crippen molar-refractivity contribution in [2.75, 3.05) is 36.9 Å². The van der Waals surface area contributed by atoms with Crippen molar-refractivity contribution in [2.45, 2.75) is 78.0 Å². The van der Waals surface area contributed by atoms with Gasteiger partial charge in [0.25, 0.3) is 5.91 Å². The fourth-order valence-corrected chi connectivity index (χ4v) is 6.55. The molecule has 4 aromatic rings. The second kappa shape index (κ2) is 14.5. The number of aromatic nitrogens is 4. The van der Waals surface area contributed by atoms with Crippen LogP contribution in [0.4, 0.5) is 11.8 Å². The Bertz CT molecular complexity index is 1740. The largest absolute Gasteiger partial charge is 0.475 e. The van der Waals surface area contributed by atoms with Gasteiger partial charge in [-0.25, -0.2) is 9.97 Å². The smallest absolute Gasteiger partial charge is 0.254 e. The molecule has 0 radical (unpaired) electrons. The van der Waals surface area contributed by atoms with E-state index >= 15 is 0 Å². The quantitative estimate of drug-likeness (QED) is 0.191. The molecule has 0 spiro atoms. The molecule has 48 heavy (non-hydrogen) atoms. The van der Waals surface area contributed by atoms with Crippen LogP contribution in [0.5, 0.6) is 5.88 Å². The highest BCUT2D eigenvalue weighted by Crippen LogP contribution is 2.32. The van der Waals surface area contributed by atoms with Crippen LogP contribution in [-0.2, 0) is 11.3 Å². The molecule has 10 nitrogen and oxygen atoms in total. The molecule has 0 fully saturated rings. The number of fused-ring (bicyclic) bond motifs is 4. The van der Waals surface area contributed by atoms with E-state index < -0.39 is 0 Å². The number of rotatable bonds is 8. The number of anilines is 2. The Morgan fingerprint density at radius 2 is 1.75 bits per heavy atom. The van der Waals surface area contributed by atoms with Gasteiger partial charge in [0.2, 0.25) is 11.8 Å². The first-order valence-corrected chi connectivity index (χ1v) is 17.0. The molecule has 3 heterocycles. The zero-order valence-corrected chi connectivity index (χ0v) is 30.3. The highest BCUT2D eigenvalue weighted by molar-refractivity contribution is 8.00. The van der Waals surface area contributed by atoms with Crippen LogP contribution in [0.3, 0.4) is 0 Å². The van der Waals surface area contributed by atoms with Gasteiger partial charge < -0.3 is 19.3 Å². The average Bonchev–Trinajstić information content (AvgIpc) is 3.04.